The molecule has 2 heterocycles. The van der Waals surface area contributed by atoms with Crippen molar-refractivity contribution in [3.05, 3.63) is 60.4 Å². The van der Waals surface area contributed by atoms with Crippen molar-refractivity contribution >= 4 is 29.1 Å². The Labute approximate surface area is 172 Å². The molecule has 0 unspecified atom stereocenters. The van der Waals surface area contributed by atoms with Crippen molar-refractivity contribution in [2.45, 2.75) is 17.3 Å². The van der Waals surface area contributed by atoms with Crippen LogP contribution >= 0.6 is 11.8 Å². The summed E-state index contributed by atoms with van der Waals surface area (Å²) in [6, 6.07) is 12.7. The Hall–Kier alpha value is -3.26. The number of nitrogens with zero attached hydrogens (tertiary/aromatic N) is 2. The van der Waals surface area contributed by atoms with Crippen LogP contribution in [0.25, 0.3) is 5.69 Å². The number of Topliss-reactive ketones (excluding diaryl/α,β-unsaturated/α-hetero) is 1. The summed E-state index contributed by atoms with van der Waals surface area (Å²) in [5.41, 5.74) is 1.92. The number of carbonyl (C=O) groups excluding carboxylic acids is 2. The summed E-state index contributed by atoms with van der Waals surface area (Å²) in [5, 5.41) is 3.06. The quantitative estimate of drug-likeness (QED) is 0.495. The molecule has 1 amide bonds. The number of anilines is 1. The molecule has 8 heteroatoms. The van der Waals surface area contributed by atoms with Crippen molar-refractivity contribution in [3.63, 3.8) is 0 Å². The molecule has 3 aromatic rings. The van der Waals surface area contributed by atoms with Crippen molar-refractivity contribution in [3.8, 4) is 17.2 Å². The lowest BCUT2D eigenvalue weighted by Gasteiger charge is -2.19. The van der Waals surface area contributed by atoms with Crippen LogP contribution in [0.1, 0.15) is 17.3 Å². The molecule has 1 atom stereocenters. The molecule has 0 aliphatic carbocycles. The summed E-state index contributed by atoms with van der Waals surface area (Å²) in [6.07, 6.45) is 3.55. The molecular weight excluding hydrogens is 390 g/mol. The van der Waals surface area contributed by atoms with Gasteiger partial charge < -0.3 is 14.8 Å². The number of nitrogens with one attached hydrogen (secondary N) is 1. The van der Waals surface area contributed by atoms with Crippen LogP contribution in [0.5, 0.6) is 11.5 Å². The molecule has 0 spiro atoms. The molecule has 0 radical (unpaired) electrons. The van der Waals surface area contributed by atoms with E-state index in [1.54, 1.807) is 31.5 Å². The molecule has 0 saturated heterocycles. The van der Waals surface area contributed by atoms with Gasteiger partial charge in [-0.15, -0.1) is 0 Å². The van der Waals surface area contributed by atoms with E-state index in [9.17, 15) is 9.59 Å². The van der Waals surface area contributed by atoms with Crippen LogP contribution in [0.2, 0.25) is 0 Å². The normalized spacial score (nSPS) is 13.8. The molecule has 1 N–H and O–H groups in total. The summed E-state index contributed by atoms with van der Waals surface area (Å²) in [7, 11) is 1.62. The van der Waals surface area contributed by atoms with E-state index >= 15 is 0 Å². The maximum absolute atomic E-state index is 13.0. The molecule has 2 aromatic carbocycles. The number of benzene rings is 2. The third kappa shape index (κ3) is 3.97. The molecule has 0 fully saturated rings. The van der Waals surface area contributed by atoms with Crippen LogP contribution in [0.4, 0.5) is 5.69 Å². The van der Waals surface area contributed by atoms with E-state index in [1.165, 1.54) is 11.8 Å². The van der Waals surface area contributed by atoms with Gasteiger partial charge in [0.25, 0.3) is 5.91 Å². The Morgan fingerprint density at radius 3 is 3.00 bits per heavy atom. The molecule has 1 aromatic heterocycles. The SMILES string of the molecule is COc1cccc(-n2ccnc2S[C@@H](C)C(=O)c2ccc3c(c2)NC(=O)CO3)c1. The highest BCUT2D eigenvalue weighted by atomic mass is 32.2. The molecule has 148 valence electrons. The van der Waals surface area contributed by atoms with E-state index in [2.05, 4.69) is 10.3 Å². The number of ether oxygens (including phenoxy) is 2. The molecule has 0 saturated carbocycles. The Kier molecular flexibility index (Phi) is 5.26. The largest absolute Gasteiger partial charge is 0.497 e. The topological polar surface area (TPSA) is 82.5 Å². The van der Waals surface area contributed by atoms with E-state index < -0.39 is 0 Å². The third-order valence-electron chi connectivity index (χ3n) is 4.49. The smallest absolute Gasteiger partial charge is 0.262 e. The van der Waals surface area contributed by atoms with Gasteiger partial charge in [0, 0.05) is 24.0 Å². The Morgan fingerprint density at radius 2 is 2.17 bits per heavy atom. The number of thioether (sulfide) groups is 1. The standard InChI is InChI=1S/C21H19N3O4S/c1-13(20(26)14-6-7-18-17(10-14)23-19(25)12-28-18)29-21-22-8-9-24(21)15-4-3-5-16(11-15)27-2/h3-11,13H,12H2,1-2H3,(H,23,25)/t13-/m0/s1. The maximum atomic E-state index is 13.0. The second kappa shape index (κ2) is 8.00. The molecular formula is C21H19N3O4S. The Balaban J connectivity index is 1.54. The van der Waals surface area contributed by atoms with Crippen LogP contribution < -0.4 is 14.8 Å². The van der Waals surface area contributed by atoms with Crippen LogP contribution in [-0.4, -0.2) is 40.2 Å². The predicted octanol–water partition coefficient (Wildman–Crippen LogP) is 3.58. The van der Waals surface area contributed by atoms with Crippen molar-refractivity contribution < 1.29 is 19.1 Å². The zero-order chi connectivity index (χ0) is 20.4. The summed E-state index contributed by atoms with van der Waals surface area (Å²) in [5.74, 6) is 1.02. The van der Waals surface area contributed by atoms with Gasteiger partial charge in [0.15, 0.2) is 17.5 Å². The van der Waals surface area contributed by atoms with E-state index in [4.69, 9.17) is 9.47 Å². The van der Waals surface area contributed by atoms with Crippen LogP contribution in [0.15, 0.2) is 60.0 Å². The van der Waals surface area contributed by atoms with Gasteiger partial charge in [-0.3, -0.25) is 14.2 Å². The third-order valence-corrected chi connectivity index (χ3v) is 5.57. The number of hydrogen-bond donors (Lipinski definition) is 1. The second-order valence-electron chi connectivity index (χ2n) is 6.45. The minimum Gasteiger partial charge on any atom is -0.497 e. The molecule has 7 nitrogen and oxygen atoms in total. The fourth-order valence-corrected chi connectivity index (χ4v) is 3.98. The number of hydrogen-bond acceptors (Lipinski definition) is 6. The van der Waals surface area contributed by atoms with Gasteiger partial charge in [-0.25, -0.2) is 4.98 Å². The number of ketones is 1. The van der Waals surface area contributed by atoms with Crippen molar-refractivity contribution in [2.24, 2.45) is 0 Å². The van der Waals surface area contributed by atoms with Crippen LogP contribution in [0, 0.1) is 0 Å². The summed E-state index contributed by atoms with van der Waals surface area (Å²) in [6.45, 7) is 1.83. The fourth-order valence-electron chi connectivity index (χ4n) is 3.02. The predicted molar refractivity (Wildman–Crippen MR) is 110 cm³/mol. The highest BCUT2D eigenvalue weighted by Gasteiger charge is 2.22. The van der Waals surface area contributed by atoms with E-state index in [0.29, 0.717) is 22.2 Å². The highest BCUT2D eigenvalue weighted by Crippen LogP contribution is 2.32. The zero-order valence-corrected chi connectivity index (χ0v) is 16.7. The average molecular weight is 409 g/mol. The number of amides is 1. The van der Waals surface area contributed by atoms with Crippen molar-refractivity contribution in [1.29, 1.82) is 0 Å². The van der Waals surface area contributed by atoms with E-state index in [0.717, 1.165) is 11.4 Å². The van der Waals surface area contributed by atoms with E-state index in [1.807, 2.05) is 42.0 Å². The Bertz CT molecular complexity index is 1080. The first-order chi connectivity index (χ1) is 14.0. The maximum Gasteiger partial charge on any atom is 0.262 e. The molecule has 1 aliphatic rings. The number of rotatable bonds is 6. The van der Waals surface area contributed by atoms with Gasteiger partial charge in [-0.2, -0.15) is 0 Å². The van der Waals surface area contributed by atoms with Gasteiger partial charge in [0.1, 0.15) is 11.5 Å². The lowest BCUT2D eigenvalue weighted by atomic mass is 10.1. The zero-order valence-electron chi connectivity index (χ0n) is 15.9. The first-order valence-electron chi connectivity index (χ1n) is 9.00. The lowest BCUT2D eigenvalue weighted by molar-refractivity contribution is -0.118. The van der Waals surface area contributed by atoms with Crippen molar-refractivity contribution in [2.75, 3.05) is 19.0 Å². The van der Waals surface area contributed by atoms with Gasteiger partial charge in [-0.1, -0.05) is 17.8 Å². The summed E-state index contributed by atoms with van der Waals surface area (Å²) < 4.78 is 12.6. The number of imidazole rings is 1. The monoisotopic (exact) mass is 409 g/mol. The van der Waals surface area contributed by atoms with E-state index in [-0.39, 0.29) is 23.5 Å². The fraction of sp³-hybridized carbons (Fsp3) is 0.190. The summed E-state index contributed by atoms with van der Waals surface area (Å²) in [4.78, 5) is 28.9. The first kappa shape index (κ1) is 19.1. The Morgan fingerprint density at radius 1 is 1.31 bits per heavy atom. The molecule has 4 rings (SSSR count). The number of aromatic nitrogens is 2. The van der Waals surface area contributed by atoms with Crippen molar-refractivity contribution in [1.82, 2.24) is 9.55 Å². The lowest BCUT2D eigenvalue weighted by Crippen LogP contribution is -2.25. The minimum absolute atomic E-state index is 0.0144. The number of carbonyl (C=O) groups is 2. The minimum atomic E-state index is -0.375. The van der Waals surface area contributed by atoms with Gasteiger partial charge >= 0.3 is 0 Å². The molecule has 29 heavy (non-hydrogen) atoms. The second-order valence-corrected chi connectivity index (χ2v) is 7.76. The molecule has 1 aliphatic heterocycles. The number of methoxy groups -OCH3 is 1. The number of fused-ring (bicyclic) bond motifs is 1. The summed E-state index contributed by atoms with van der Waals surface area (Å²) >= 11 is 1.37. The van der Waals surface area contributed by atoms with Crippen LogP contribution in [0.3, 0.4) is 0 Å². The molecule has 0 bridgehead atoms. The first-order valence-corrected chi connectivity index (χ1v) is 9.88. The average Bonchev–Trinajstić information content (AvgIpc) is 3.20. The highest BCUT2D eigenvalue weighted by molar-refractivity contribution is 8.00. The van der Waals surface area contributed by atoms with Gasteiger partial charge in [-0.05, 0) is 37.3 Å². The van der Waals surface area contributed by atoms with Gasteiger partial charge in [0.05, 0.1) is 23.7 Å². The van der Waals surface area contributed by atoms with Crippen LogP contribution in [-0.2, 0) is 4.79 Å². The van der Waals surface area contributed by atoms with Gasteiger partial charge in [0.2, 0.25) is 0 Å².